The number of carbonyl (C=O) groups excluding carboxylic acids is 1. The van der Waals surface area contributed by atoms with E-state index in [9.17, 15) is 4.79 Å². The van der Waals surface area contributed by atoms with Crippen molar-refractivity contribution in [2.24, 2.45) is 0 Å². The van der Waals surface area contributed by atoms with Crippen LogP contribution < -0.4 is 4.74 Å². The van der Waals surface area contributed by atoms with Crippen molar-refractivity contribution in [3.05, 3.63) is 101 Å². The van der Waals surface area contributed by atoms with Crippen LogP contribution in [-0.2, 0) is 6.42 Å². The molecule has 0 saturated carbocycles. The van der Waals surface area contributed by atoms with E-state index in [1.807, 2.05) is 48.5 Å². The van der Waals surface area contributed by atoms with Gasteiger partial charge in [-0.25, -0.2) is 4.79 Å². The van der Waals surface area contributed by atoms with Crippen LogP contribution in [0.3, 0.4) is 0 Å². The Bertz CT molecular complexity index is 938. The first kappa shape index (κ1) is 17.5. The summed E-state index contributed by atoms with van der Waals surface area (Å²) in [6, 6.07) is 22.8. The second-order valence-electron chi connectivity index (χ2n) is 6.08. The Labute approximate surface area is 154 Å². The zero-order valence-corrected chi connectivity index (χ0v) is 15.0. The van der Waals surface area contributed by atoms with E-state index >= 15 is 0 Å². The van der Waals surface area contributed by atoms with Gasteiger partial charge in [-0.2, -0.15) is 0 Å². The number of hydrogen-bond donors (Lipinski definition) is 0. The molecule has 0 saturated heterocycles. The molecule has 0 fully saturated rings. The van der Waals surface area contributed by atoms with Gasteiger partial charge in [-0.15, -0.1) is 0 Å². The first-order valence-corrected chi connectivity index (χ1v) is 8.64. The van der Waals surface area contributed by atoms with Crippen molar-refractivity contribution in [1.82, 2.24) is 0 Å². The summed E-state index contributed by atoms with van der Waals surface area (Å²) >= 11 is 0. The Balaban J connectivity index is 1.65. The summed E-state index contributed by atoms with van der Waals surface area (Å²) in [5.41, 5.74) is 4.80. The monoisotopic (exact) mass is 340 g/mol. The quantitative estimate of drug-likeness (QED) is 0.373. The van der Waals surface area contributed by atoms with Crippen LogP contribution in [0.1, 0.15) is 39.5 Å². The maximum absolute atomic E-state index is 12.2. The minimum Gasteiger partial charge on any atom is -0.423 e. The van der Waals surface area contributed by atoms with Gasteiger partial charge < -0.3 is 4.74 Å². The Morgan fingerprint density at radius 1 is 0.808 bits per heavy atom. The number of carbonyl (C=O) groups is 1. The molecule has 0 bridgehead atoms. The smallest absolute Gasteiger partial charge is 0.343 e. The van der Waals surface area contributed by atoms with Gasteiger partial charge in [-0.1, -0.05) is 48.6 Å². The highest BCUT2D eigenvalue weighted by Gasteiger charge is 2.08. The van der Waals surface area contributed by atoms with Crippen molar-refractivity contribution in [2.75, 3.05) is 0 Å². The molecule has 0 aliphatic rings. The van der Waals surface area contributed by atoms with Gasteiger partial charge in [-0.3, -0.25) is 0 Å². The molecule has 0 aliphatic carbocycles. The Morgan fingerprint density at radius 3 is 1.88 bits per heavy atom. The molecule has 0 aromatic heterocycles. The molecule has 0 unspecified atom stereocenters. The number of esters is 1. The summed E-state index contributed by atoms with van der Waals surface area (Å²) in [4.78, 5) is 12.2. The average Bonchev–Trinajstić information content (AvgIpc) is 2.68. The van der Waals surface area contributed by atoms with Crippen LogP contribution in [0.15, 0.2) is 72.8 Å². The lowest BCUT2D eigenvalue weighted by Gasteiger charge is -2.05. The van der Waals surface area contributed by atoms with Crippen molar-refractivity contribution in [3.63, 3.8) is 0 Å². The van der Waals surface area contributed by atoms with Crippen LogP contribution in [0, 0.1) is 18.8 Å². The van der Waals surface area contributed by atoms with Crippen molar-refractivity contribution in [3.8, 4) is 17.6 Å². The molecule has 0 aliphatic heterocycles. The predicted octanol–water partition coefficient (Wildman–Crippen LogP) is 5.18. The Morgan fingerprint density at radius 2 is 1.35 bits per heavy atom. The van der Waals surface area contributed by atoms with Gasteiger partial charge in [0.15, 0.2) is 0 Å². The molecule has 2 heteroatoms. The van der Waals surface area contributed by atoms with E-state index in [2.05, 4.69) is 25.7 Å². The molecular weight excluding hydrogens is 320 g/mol. The van der Waals surface area contributed by atoms with Gasteiger partial charge in [0.05, 0.1) is 5.56 Å². The van der Waals surface area contributed by atoms with Crippen LogP contribution >= 0.6 is 0 Å². The van der Waals surface area contributed by atoms with E-state index in [1.54, 1.807) is 24.3 Å². The van der Waals surface area contributed by atoms with Crippen molar-refractivity contribution < 1.29 is 9.53 Å². The Hall–Kier alpha value is -3.31. The molecule has 0 N–H and O–H groups in total. The van der Waals surface area contributed by atoms with Crippen molar-refractivity contribution in [1.29, 1.82) is 0 Å². The molecule has 26 heavy (non-hydrogen) atoms. The molecule has 0 heterocycles. The third-order valence-corrected chi connectivity index (χ3v) is 4.07. The fourth-order valence-corrected chi connectivity index (χ4v) is 2.43. The number of rotatable bonds is 3. The Kier molecular flexibility index (Phi) is 5.51. The molecular formula is C24H20O2. The largest absolute Gasteiger partial charge is 0.423 e. The first-order chi connectivity index (χ1) is 12.6. The summed E-state index contributed by atoms with van der Waals surface area (Å²) in [5.74, 6) is 6.40. The van der Waals surface area contributed by atoms with Gasteiger partial charge in [0.25, 0.3) is 0 Å². The van der Waals surface area contributed by atoms with E-state index in [4.69, 9.17) is 4.74 Å². The van der Waals surface area contributed by atoms with Crippen LogP contribution in [0.5, 0.6) is 5.75 Å². The van der Waals surface area contributed by atoms with Gasteiger partial charge >= 0.3 is 5.97 Å². The normalized spacial score (nSPS) is 9.92. The van der Waals surface area contributed by atoms with E-state index in [0.29, 0.717) is 11.3 Å². The standard InChI is InChI=1S/C24H20O2/c1-3-19-10-14-22(15-11-19)24(25)26-23-16-12-21(13-17-23)9-8-20-6-4-18(2)5-7-20/h4-7,10-17H,3H2,1-2H3. The van der Waals surface area contributed by atoms with Gasteiger partial charge in [0, 0.05) is 11.1 Å². The third-order valence-electron chi connectivity index (χ3n) is 4.07. The highest BCUT2D eigenvalue weighted by atomic mass is 16.5. The predicted molar refractivity (Wildman–Crippen MR) is 104 cm³/mol. The molecule has 0 atom stereocenters. The van der Waals surface area contributed by atoms with Gasteiger partial charge in [-0.05, 0) is 67.4 Å². The van der Waals surface area contributed by atoms with Gasteiger partial charge in [0.2, 0.25) is 0 Å². The topological polar surface area (TPSA) is 26.3 Å². The number of ether oxygens (including phenoxy) is 1. The van der Waals surface area contributed by atoms with E-state index in [0.717, 1.165) is 17.5 Å². The lowest BCUT2D eigenvalue weighted by atomic mass is 10.1. The maximum atomic E-state index is 12.2. The molecule has 3 aromatic carbocycles. The summed E-state index contributed by atoms with van der Waals surface area (Å²) in [6.45, 7) is 4.13. The maximum Gasteiger partial charge on any atom is 0.343 e. The average molecular weight is 340 g/mol. The molecule has 3 aromatic rings. The molecule has 0 spiro atoms. The SMILES string of the molecule is CCc1ccc(C(=O)Oc2ccc(C#Cc3ccc(C)cc3)cc2)cc1. The molecule has 128 valence electrons. The van der Waals surface area contributed by atoms with Crippen molar-refractivity contribution >= 4 is 5.97 Å². The second-order valence-corrected chi connectivity index (χ2v) is 6.08. The minimum absolute atomic E-state index is 0.355. The second kappa shape index (κ2) is 8.18. The fraction of sp³-hybridized carbons (Fsp3) is 0.125. The highest BCUT2D eigenvalue weighted by Crippen LogP contribution is 2.15. The zero-order chi connectivity index (χ0) is 18.4. The summed E-state index contributed by atoms with van der Waals surface area (Å²) in [6.07, 6.45) is 0.945. The van der Waals surface area contributed by atoms with Crippen molar-refractivity contribution in [2.45, 2.75) is 20.3 Å². The number of aryl methyl sites for hydroxylation is 2. The summed E-state index contributed by atoms with van der Waals surface area (Å²) in [7, 11) is 0. The first-order valence-electron chi connectivity index (χ1n) is 8.64. The fourth-order valence-electron chi connectivity index (χ4n) is 2.43. The van der Waals surface area contributed by atoms with Gasteiger partial charge in [0.1, 0.15) is 5.75 Å². The molecule has 0 amide bonds. The van der Waals surface area contributed by atoms with Crippen LogP contribution in [0.2, 0.25) is 0 Å². The summed E-state index contributed by atoms with van der Waals surface area (Å²) < 4.78 is 5.42. The van der Waals surface area contributed by atoms with E-state index < -0.39 is 0 Å². The third kappa shape index (κ3) is 4.62. The summed E-state index contributed by atoms with van der Waals surface area (Å²) in [5, 5.41) is 0. The molecule has 0 radical (unpaired) electrons. The molecule has 2 nitrogen and oxygen atoms in total. The van der Waals surface area contributed by atoms with Crippen LogP contribution in [0.25, 0.3) is 0 Å². The van der Waals surface area contributed by atoms with E-state index in [-0.39, 0.29) is 5.97 Å². The number of benzene rings is 3. The lowest BCUT2D eigenvalue weighted by Crippen LogP contribution is -2.08. The lowest BCUT2D eigenvalue weighted by molar-refractivity contribution is 0.0734. The zero-order valence-electron chi connectivity index (χ0n) is 15.0. The molecule has 3 rings (SSSR count). The minimum atomic E-state index is -0.355. The number of hydrogen-bond acceptors (Lipinski definition) is 2. The van der Waals surface area contributed by atoms with Crippen LogP contribution in [-0.4, -0.2) is 5.97 Å². The van der Waals surface area contributed by atoms with Crippen LogP contribution in [0.4, 0.5) is 0 Å². The highest BCUT2D eigenvalue weighted by molar-refractivity contribution is 5.91. The van der Waals surface area contributed by atoms with E-state index in [1.165, 1.54) is 11.1 Å².